The lowest BCUT2D eigenvalue weighted by atomic mass is 10.1. The van der Waals surface area contributed by atoms with Crippen LogP contribution in [0.4, 0.5) is 5.69 Å². The molecule has 0 aromatic heterocycles. The average molecular weight is 492 g/mol. The fourth-order valence-corrected chi connectivity index (χ4v) is 3.10. The number of anilines is 1. The van der Waals surface area contributed by atoms with Crippen molar-refractivity contribution < 1.29 is 24.2 Å². The molecule has 0 fully saturated rings. The van der Waals surface area contributed by atoms with Crippen LogP contribution < -0.4 is 14.8 Å². The number of halogens is 1. The third kappa shape index (κ3) is 5.47. The minimum atomic E-state index is -1.11. The number of nitrogens with one attached hydrogen (secondary N) is 1. The van der Waals surface area contributed by atoms with Crippen LogP contribution in [0.3, 0.4) is 0 Å². The van der Waals surface area contributed by atoms with E-state index in [0.29, 0.717) is 20.6 Å². The highest BCUT2D eigenvalue weighted by Crippen LogP contribution is 2.34. The molecule has 2 aromatic carbocycles. The number of methoxy groups -OCH3 is 1. The lowest BCUT2D eigenvalue weighted by molar-refractivity contribution is -0.139. The number of carbonyl (C=O) groups is 2. The van der Waals surface area contributed by atoms with Gasteiger partial charge in [-0.1, -0.05) is 18.2 Å². The maximum absolute atomic E-state index is 12.5. The van der Waals surface area contributed by atoms with Crippen molar-refractivity contribution in [3.05, 3.63) is 56.7 Å². The van der Waals surface area contributed by atoms with Gasteiger partial charge in [-0.15, -0.1) is 0 Å². The molecule has 0 heterocycles. The van der Waals surface area contributed by atoms with E-state index in [1.54, 1.807) is 24.3 Å². The van der Waals surface area contributed by atoms with Gasteiger partial charge in [0.05, 0.1) is 10.7 Å². The van der Waals surface area contributed by atoms with E-state index in [0.717, 1.165) is 5.56 Å². The van der Waals surface area contributed by atoms with Crippen LogP contribution in [0.5, 0.6) is 11.5 Å². The smallest absolute Gasteiger partial charge is 0.341 e. The van der Waals surface area contributed by atoms with E-state index in [-0.39, 0.29) is 11.3 Å². The Morgan fingerprint density at radius 1 is 1.32 bits per heavy atom. The van der Waals surface area contributed by atoms with Gasteiger partial charge >= 0.3 is 5.97 Å². The fourth-order valence-electron chi connectivity index (χ4n) is 2.32. The standard InChI is InChI=1S/C20H17IN2O5/c1-12-5-3-4-6-16(12)23-20(26)14(10-22)7-13-8-15(21)19(17(9-13)27-2)28-11-18(24)25/h3-9H,11H2,1-2H3,(H,23,26)(H,24,25). The first-order chi connectivity index (χ1) is 13.3. The number of nitriles is 1. The maximum atomic E-state index is 12.5. The largest absolute Gasteiger partial charge is 0.493 e. The highest BCUT2D eigenvalue weighted by atomic mass is 127. The van der Waals surface area contributed by atoms with E-state index < -0.39 is 18.5 Å². The number of para-hydroxylation sites is 1. The van der Waals surface area contributed by atoms with Gasteiger partial charge in [0.15, 0.2) is 18.1 Å². The summed E-state index contributed by atoms with van der Waals surface area (Å²) in [5, 5.41) is 20.9. The molecule has 0 saturated heterocycles. The lowest BCUT2D eigenvalue weighted by Gasteiger charge is -2.12. The molecular formula is C20H17IN2O5. The summed E-state index contributed by atoms with van der Waals surface area (Å²) < 4.78 is 11.1. The van der Waals surface area contributed by atoms with Crippen molar-refractivity contribution >= 4 is 46.2 Å². The first-order valence-corrected chi connectivity index (χ1v) is 9.14. The molecule has 0 saturated carbocycles. The Hall–Kier alpha value is -3.06. The number of benzene rings is 2. The van der Waals surface area contributed by atoms with Gasteiger partial charge in [0.2, 0.25) is 0 Å². The molecular weight excluding hydrogens is 475 g/mol. The second-order valence-electron chi connectivity index (χ2n) is 5.66. The van der Waals surface area contributed by atoms with Gasteiger partial charge in [0.25, 0.3) is 5.91 Å². The molecule has 0 atom stereocenters. The van der Waals surface area contributed by atoms with Crippen molar-refractivity contribution in [1.29, 1.82) is 5.26 Å². The van der Waals surface area contributed by atoms with Crippen molar-refractivity contribution in [2.75, 3.05) is 19.0 Å². The number of carboxylic acid groups (broad SMARTS) is 1. The number of hydrogen-bond acceptors (Lipinski definition) is 5. The van der Waals surface area contributed by atoms with Gasteiger partial charge in [-0.2, -0.15) is 5.26 Å². The highest BCUT2D eigenvalue weighted by Gasteiger charge is 2.15. The minimum absolute atomic E-state index is 0.0830. The third-order valence-corrected chi connectivity index (χ3v) is 4.46. The molecule has 1 amide bonds. The fraction of sp³-hybridized carbons (Fsp3) is 0.150. The van der Waals surface area contributed by atoms with E-state index in [1.165, 1.54) is 13.2 Å². The molecule has 8 heteroatoms. The van der Waals surface area contributed by atoms with Crippen LogP contribution in [-0.2, 0) is 9.59 Å². The van der Waals surface area contributed by atoms with Crippen LogP contribution in [0.15, 0.2) is 42.0 Å². The number of carboxylic acids is 1. The molecule has 2 rings (SSSR count). The summed E-state index contributed by atoms with van der Waals surface area (Å²) in [5.74, 6) is -1.06. The Bertz CT molecular complexity index is 979. The molecule has 0 aliphatic rings. The van der Waals surface area contributed by atoms with Crippen LogP contribution in [-0.4, -0.2) is 30.7 Å². The van der Waals surface area contributed by atoms with Gasteiger partial charge in [0.1, 0.15) is 11.6 Å². The Morgan fingerprint density at radius 3 is 2.64 bits per heavy atom. The summed E-state index contributed by atoms with van der Waals surface area (Å²) in [6, 6.07) is 12.4. The molecule has 0 radical (unpaired) electrons. The van der Waals surface area contributed by atoms with Crippen LogP contribution >= 0.6 is 22.6 Å². The minimum Gasteiger partial charge on any atom is -0.493 e. The van der Waals surface area contributed by atoms with Crippen LogP contribution in [0.1, 0.15) is 11.1 Å². The van der Waals surface area contributed by atoms with Crippen molar-refractivity contribution in [3.8, 4) is 17.6 Å². The summed E-state index contributed by atoms with van der Waals surface area (Å²) in [6.45, 7) is 1.35. The summed E-state index contributed by atoms with van der Waals surface area (Å²) in [7, 11) is 1.42. The number of rotatable bonds is 7. The molecule has 7 nitrogen and oxygen atoms in total. The molecule has 28 heavy (non-hydrogen) atoms. The van der Waals surface area contributed by atoms with Crippen LogP contribution in [0.2, 0.25) is 0 Å². The van der Waals surface area contributed by atoms with Crippen molar-refractivity contribution in [1.82, 2.24) is 0 Å². The number of carbonyl (C=O) groups excluding carboxylic acids is 1. The van der Waals surface area contributed by atoms with Gasteiger partial charge < -0.3 is 19.9 Å². The molecule has 0 bridgehead atoms. The predicted molar refractivity (Wildman–Crippen MR) is 112 cm³/mol. The molecule has 2 aromatic rings. The van der Waals surface area contributed by atoms with E-state index >= 15 is 0 Å². The quantitative estimate of drug-likeness (QED) is 0.347. The summed E-state index contributed by atoms with van der Waals surface area (Å²) in [5.41, 5.74) is 1.96. The van der Waals surface area contributed by atoms with Gasteiger partial charge in [-0.25, -0.2) is 4.79 Å². The van der Waals surface area contributed by atoms with E-state index in [9.17, 15) is 14.9 Å². The monoisotopic (exact) mass is 492 g/mol. The second kappa shape index (κ2) is 9.75. The third-order valence-electron chi connectivity index (χ3n) is 3.66. The first kappa shape index (κ1) is 21.2. The van der Waals surface area contributed by atoms with E-state index in [2.05, 4.69) is 5.32 Å². The zero-order valence-electron chi connectivity index (χ0n) is 15.2. The number of ether oxygens (including phenoxy) is 2. The van der Waals surface area contributed by atoms with Gasteiger partial charge in [-0.3, -0.25) is 4.79 Å². The molecule has 0 aliphatic heterocycles. The van der Waals surface area contributed by atoms with Gasteiger partial charge in [0, 0.05) is 5.69 Å². The maximum Gasteiger partial charge on any atom is 0.341 e. The van der Waals surface area contributed by atoms with E-state index in [1.807, 2.05) is 47.7 Å². The zero-order chi connectivity index (χ0) is 20.7. The summed E-state index contributed by atoms with van der Waals surface area (Å²) in [6.07, 6.45) is 1.43. The average Bonchev–Trinajstić information content (AvgIpc) is 2.66. The number of amides is 1. The van der Waals surface area contributed by atoms with Crippen molar-refractivity contribution in [3.63, 3.8) is 0 Å². The number of aryl methyl sites for hydroxylation is 1. The Balaban J connectivity index is 2.32. The molecule has 144 valence electrons. The highest BCUT2D eigenvalue weighted by molar-refractivity contribution is 14.1. The topological polar surface area (TPSA) is 109 Å². The molecule has 2 N–H and O–H groups in total. The van der Waals surface area contributed by atoms with E-state index in [4.69, 9.17) is 14.6 Å². The second-order valence-corrected chi connectivity index (χ2v) is 6.82. The van der Waals surface area contributed by atoms with Crippen molar-refractivity contribution in [2.45, 2.75) is 6.92 Å². The SMILES string of the molecule is COc1cc(C=C(C#N)C(=O)Nc2ccccc2C)cc(I)c1OCC(=O)O. The van der Waals surface area contributed by atoms with Crippen molar-refractivity contribution in [2.24, 2.45) is 0 Å². The van der Waals surface area contributed by atoms with Crippen LogP contribution in [0.25, 0.3) is 6.08 Å². The molecule has 0 aliphatic carbocycles. The Morgan fingerprint density at radius 2 is 2.04 bits per heavy atom. The molecule has 0 unspecified atom stereocenters. The zero-order valence-corrected chi connectivity index (χ0v) is 17.3. The number of aliphatic carboxylic acids is 1. The lowest BCUT2D eigenvalue weighted by Crippen LogP contribution is -2.14. The molecule has 0 spiro atoms. The van der Waals surface area contributed by atoms with Crippen LogP contribution in [0, 0.1) is 21.8 Å². The number of hydrogen-bond donors (Lipinski definition) is 2. The Kier molecular flexibility index (Phi) is 7.40. The first-order valence-electron chi connectivity index (χ1n) is 8.06. The van der Waals surface area contributed by atoms with Gasteiger partial charge in [-0.05, 0) is 64.9 Å². The summed E-state index contributed by atoms with van der Waals surface area (Å²) in [4.78, 5) is 23.2. The number of nitrogens with zero attached hydrogens (tertiary/aromatic N) is 1. The summed E-state index contributed by atoms with van der Waals surface area (Å²) >= 11 is 1.97. The predicted octanol–water partition coefficient (Wildman–Crippen LogP) is 3.62. The normalized spacial score (nSPS) is 10.7. The Labute approximate surface area is 175 Å².